The highest BCUT2D eigenvalue weighted by Crippen LogP contribution is 2.14. The third-order valence-corrected chi connectivity index (χ3v) is 3.78. The number of nitrogens with two attached hydrogens (primary N) is 1. The standard InChI is InChI=1S/C15H25N3O3S/c1-5-11(18-14(20)21-15(2,3)4)7-17-8-12-6-10(9-22-12)13(16)19/h6,9,11,17H,5,7-8H2,1-4H3,(H2,16,19)(H,18,20). The minimum absolute atomic E-state index is 0.00887. The van der Waals surface area contributed by atoms with Crippen molar-refractivity contribution in [2.75, 3.05) is 6.54 Å². The maximum absolute atomic E-state index is 11.7. The third-order valence-electron chi connectivity index (χ3n) is 2.84. The molecule has 1 aromatic heterocycles. The van der Waals surface area contributed by atoms with Crippen molar-refractivity contribution in [3.05, 3.63) is 21.9 Å². The van der Waals surface area contributed by atoms with Gasteiger partial charge in [-0.15, -0.1) is 11.3 Å². The third kappa shape index (κ3) is 6.91. The molecule has 6 nitrogen and oxygen atoms in total. The van der Waals surface area contributed by atoms with Gasteiger partial charge in [-0.1, -0.05) is 6.92 Å². The summed E-state index contributed by atoms with van der Waals surface area (Å²) in [5.41, 5.74) is 5.24. The van der Waals surface area contributed by atoms with Crippen LogP contribution >= 0.6 is 11.3 Å². The largest absolute Gasteiger partial charge is 0.444 e. The maximum Gasteiger partial charge on any atom is 0.407 e. The van der Waals surface area contributed by atoms with E-state index in [2.05, 4.69) is 10.6 Å². The minimum atomic E-state index is -0.502. The van der Waals surface area contributed by atoms with Gasteiger partial charge in [0.05, 0.1) is 5.56 Å². The maximum atomic E-state index is 11.7. The van der Waals surface area contributed by atoms with E-state index in [9.17, 15) is 9.59 Å². The van der Waals surface area contributed by atoms with Gasteiger partial charge in [0.25, 0.3) is 0 Å². The van der Waals surface area contributed by atoms with Crippen LogP contribution in [-0.2, 0) is 11.3 Å². The average molecular weight is 327 g/mol. The highest BCUT2D eigenvalue weighted by atomic mass is 32.1. The summed E-state index contributed by atoms with van der Waals surface area (Å²) in [5, 5.41) is 7.85. The molecule has 1 aromatic rings. The van der Waals surface area contributed by atoms with Crippen molar-refractivity contribution in [1.29, 1.82) is 0 Å². The van der Waals surface area contributed by atoms with Gasteiger partial charge >= 0.3 is 6.09 Å². The smallest absolute Gasteiger partial charge is 0.407 e. The molecule has 0 aromatic carbocycles. The molecule has 0 radical (unpaired) electrons. The Morgan fingerprint density at radius 1 is 1.41 bits per heavy atom. The first-order valence-electron chi connectivity index (χ1n) is 7.28. The summed E-state index contributed by atoms with van der Waals surface area (Å²) in [6.45, 7) is 8.75. The van der Waals surface area contributed by atoms with Gasteiger partial charge in [0.15, 0.2) is 0 Å². The molecule has 124 valence electrons. The fraction of sp³-hybridized carbons (Fsp3) is 0.600. The number of carbonyl (C=O) groups is 2. The highest BCUT2D eigenvalue weighted by Gasteiger charge is 2.18. The molecular weight excluding hydrogens is 302 g/mol. The Balaban J connectivity index is 2.37. The molecule has 1 rings (SSSR count). The van der Waals surface area contributed by atoms with Crippen LogP contribution in [0, 0.1) is 0 Å². The number of primary amides is 1. The van der Waals surface area contributed by atoms with Crippen molar-refractivity contribution < 1.29 is 14.3 Å². The number of amides is 2. The van der Waals surface area contributed by atoms with E-state index in [-0.39, 0.29) is 6.04 Å². The van der Waals surface area contributed by atoms with Crippen LogP contribution < -0.4 is 16.4 Å². The Kier molecular flexibility index (Phi) is 6.83. The Hall–Kier alpha value is -1.60. The van der Waals surface area contributed by atoms with E-state index in [4.69, 9.17) is 10.5 Å². The first kappa shape index (κ1) is 18.4. The monoisotopic (exact) mass is 327 g/mol. The lowest BCUT2D eigenvalue weighted by Gasteiger charge is -2.23. The molecule has 22 heavy (non-hydrogen) atoms. The Morgan fingerprint density at radius 3 is 2.59 bits per heavy atom. The highest BCUT2D eigenvalue weighted by molar-refractivity contribution is 7.10. The molecule has 4 N–H and O–H groups in total. The number of ether oxygens (including phenoxy) is 1. The molecule has 1 atom stereocenters. The zero-order chi connectivity index (χ0) is 16.8. The van der Waals surface area contributed by atoms with Crippen molar-refractivity contribution in [2.24, 2.45) is 5.73 Å². The molecule has 1 unspecified atom stereocenters. The van der Waals surface area contributed by atoms with Crippen LogP contribution in [0.4, 0.5) is 4.79 Å². The van der Waals surface area contributed by atoms with Crippen LogP contribution in [0.3, 0.4) is 0 Å². The molecule has 0 saturated heterocycles. The molecule has 1 heterocycles. The van der Waals surface area contributed by atoms with Gasteiger partial charge < -0.3 is 21.1 Å². The normalized spacial score (nSPS) is 12.7. The quantitative estimate of drug-likeness (QED) is 0.716. The number of carbonyl (C=O) groups excluding carboxylic acids is 2. The summed E-state index contributed by atoms with van der Waals surface area (Å²) in [7, 11) is 0. The molecule has 0 aliphatic heterocycles. The average Bonchev–Trinajstić information content (AvgIpc) is 2.84. The van der Waals surface area contributed by atoms with E-state index >= 15 is 0 Å². The van der Waals surface area contributed by atoms with Gasteiger partial charge in [-0.25, -0.2) is 4.79 Å². The number of hydrogen-bond acceptors (Lipinski definition) is 5. The Labute approximate surface area is 135 Å². The van der Waals surface area contributed by atoms with Gasteiger partial charge in [0.2, 0.25) is 5.91 Å². The lowest BCUT2D eigenvalue weighted by atomic mass is 10.2. The van der Waals surface area contributed by atoms with E-state index in [0.717, 1.165) is 11.3 Å². The van der Waals surface area contributed by atoms with Crippen molar-refractivity contribution in [3.8, 4) is 0 Å². The summed E-state index contributed by atoms with van der Waals surface area (Å²) >= 11 is 1.48. The van der Waals surface area contributed by atoms with Crippen molar-refractivity contribution in [1.82, 2.24) is 10.6 Å². The Morgan fingerprint density at radius 2 is 2.09 bits per heavy atom. The summed E-state index contributed by atoms with van der Waals surface area (Å²) in [4.78, 5) is 23.8. The van der Waals surface area contributed by atoms with Crippen LogP contribution in [0.1, 0.15) is 49.4 Å². The second-order valence-electron chi connectivity index (χ2n) is 6.05. The second kappa shape index (κ2) is 8.14. The van der Waals surface area contributed by atoms with Crippen molar-refractivity contribution >= 4 is 23.3 Å². The SMILES string of the molecule is CCC(CNCc1cc(C(N)=O)cs1)NC(=O)OC(C)(C)C. The minimum Gasteiger partial charge on any atom is -0.444 e. The van der Waals surface area contributed by atoms with E-state index < -0.39 is 17.6 Å². The fourth-order valence-corrected chi connectivity index (χ4v) is 2.59. The summed E-state index contributed by atoms with van der Waals surface area (Å²) in [6, 6.07) is 1.77. The summed E-state index contributed by atoms with van der Waals surface area (Å²) in [6.07, 6.45) is 0.386. The fourth-order valence-electron chi connectivity index (χ4n) is 1.74. The number of rotatable bonds is 7. The molecule has 0 aliphatic carbocycles. The van der Waals surface area contributed by atoms with Gasteiger partial charge in [-0.05, 0) is 33.3 Å². The van der Waals surface area contributed by atoms with Crippen LogP contribution in [-0.4, -0.2) is 30.2 Å². The van der Waals surface area contributed by atoms with Crippen molar-refractivity contribution in [2.45, 2.75) is 52.3 Å². The predicted octanol–water partition coefficient (Wildman–Crippen LogP) is 2.24. The van der Waals surface area contributed by atoms with Crippen LogP contribution in [0.5, 0.6) is 0 Å². The molecule has 2 amide bonds. The van der Waals surface area contributed by atoms with Gasteiger partial charge in [0, 0.05) is 29.4 Å². The first-order valence-corrected chi connectivity index (χ1v) is 8.16. The van der Waals surface area contributed by atoms with E-state index in [1.807, 2.05) is 27.7 Å². The molecule has 0 bridgehead atoms. The first-order chi connectivity index (χ1) is 10.2. The molecule has 0 aliphatic rings. The number of thiophene rings is 1. The molecule has 0 fully saturated rings. The van der Waals surface area contributed by atoms with Crippen LogP contribution in [0.25, 0.3) is 0 Å². The summed E-state index contributed by atoms with van der Waals surface area (Å²) in [5.74, 6) is -0.416. The van der Waals surface area contributed by atoms with E-state index in [1.165, 1.54) is 11.3 Å². The zero-order valence-electron chi connectivity index (χ0n) is 13.6. The lowest BCUT2D eigenvalue weighted by Crippen LogP contribution is -2.43. The Bertz CT molecular complexity index is 508. The number of nitrogens with one attached hydrogen (secondary N) is 2. The van der Waals surface area contributed by atoms with Gasteiger partial charge in [-0.2, -0.15) is 0 Å². The zero-order valence-corrected chi connectivity index (χ0v) is 14.4. The van der Waals surface area contributed by atoms with E-state index in [0.29, 0.717) is 18.7 Å². The van der Waals surface area contributed by atoms with Gasteiger partial charge in [0.1, 0.15) is 5.60 Å². The molecule has 0 saturated carbocycles. The number of hydrogen-bond donors (Lipinski definition) is 3. The number of alkyl carbamates (subject to hydrolysis) is 1. The van der Waals surface area contributed by atoms with Crippen molar-refractivity contribution in [3.63, 3.8) is 0 Å². The summed E-state index contributed by atoms with van der Waals surface area (Å²) < 4.78 is 5.24. The molecular formula is C15H25N3O3S. The predicted molar refractivity (Wildman–Crippen MR) is 88.0 cm³/mol. The van der Waals surface area contributed by atoms with E-state index in [1.54, 1.807) is 11.4 Å². The van der Waals surface area contributed by atoms with Crippen LogP contribution in [0.2, 0.25) is 0 Å². The topological polar surface area (TPSA) is 93.5 Å². The lowest BCUT2D eigenvalue weighted by molar-refractivity contribution is 0.0502. The molecule has 0 spiro atoms. The molecule has 7 heteroatoms. The van der Waals surface area contributed by atoms with Crippen LogP contribution in [0.15, 0.2) is 11.4 Å². The second-order valence-corrected chi connectivity index (χ2v) is 7.04. The van der Waals surface area contributed by atoms with Gasteiger partial charge in [-0.3, -0.25) is 4.79 Å².